The van der Waals surface area contributed by atoms with E-state index in [-0.39, 0.29) is 11.8 Å². The fourth-order valence-corrected chi connectivity index (χ4v) is 2.47. The molecule has 0 bridgehead atoms. The average molecular weight is 268 g/mol. The van der Waals surface area contributed by atoms with E-state index in [9.17, 15) is 9.50 Å². The van der Waals surface area contributed by atoms with E-state index in [0.717, 1.165) is 13.1 Å². The summed E-state index contributed by atoms with van der Waals surface area (Å²) in [4.78, 5) is 2.24. The number of aliphatic hydroxyl groups is 1. The lowest BCUT2D eigenvalue weighted by molar-refractivity contribution is 0.125. The monoisotopic (exact) mass is 268 g/mol. The number of benzene rings is 1. The van der Waals surface area contributed by atoms with Crippen LogP contribution in [-0.4, -0.2) is 42.8 Å². The molecule has 0 saturated carbocycles. The van der Waals surface area contributed by atoms with Crippen LogP contribution in [0.2, 0.25) is 0 Å². The maximum Gasteiger partial charge on any atom is 0.165 e. The summed E-state index contributed by atoms with van der Waals surface area (Å²) in [6.45, 7) is 2.72. The Morgan fingerprint density at radius 3 is 2.74 bits per heavy atom. The molecule has 0 radical (unpaired) electrons. The molecule has 1 heterocycles. The second-order valence-electron chi connectivity index (χ2n) is 5.01. The topological polar surface area (TPSA) is 58.7 Å². The summed E-state index contributed by atoms with van der Waals surface area (Å²) in [6.07, 6.45) is 1.57. The molecular weight excluding hydrogens is 247 g/mol. The molecule has 3 N–H and O–H groups in total. The van der Waals surface area contributed by atoms with Crippen LogP contribution in [0.15, 0.2) is 18.2 Å². The first-order valence-corrected chi connectivity index (χ1v) is 6.61. The molecular formula is C14H21FN2O2. The zero-order valence-electron chi connectivity index (χ0n) is 11.2. The maximum atomic E-state index is 13.3. The van der Waals surface area contributed by atoms with Gasteiger partial charge in [0.05, 0.1) is 13.2 Å². The summed E-state index contributed by atoms with van der Waals surface area (Å²) in [6, 6.07) is 3.96. The van der Waals surface area contributed by atoms with Gasteiger partial charge in [-0.2, -0.15) is 0 Å². The number of likely N-dealkylation sites (tertiary alicyclic amines) is 1. The number of ether oxygens (including phenoxy) is 1. The summed E-state index contributed by atoms with van der Waals surface area (Å²) < 4.78 is 18.2. The van der Waals surface area contributed by atoms with Crippen LogP contribution in [0.5, 0.6) is 5.75 Å². The SMILES string of the molecule is COc1cc([C@@H](O)[C@H](N)CN2CCCC2)ccc1F. The normalized spacial score (nSPS) is 19.4. The zero-order chi connectivity index (χ0) is 13.8. The largest absolute Gasteiger partial charge is 0.494 e. The number of hydrogen-bond donors (Lipinski definition) is 2. The summed E-state index contributed by atoms with van der Waals surface area (Å²) in [5.74, 6) is -0.309. The summed E-state index contributed by atoms with van der Waals surface area (Å²) >= 11 is 0. The van der Waals surface area contributed by atoms with Crippen molar-refractivity contribution in [2.24, 2.45) is 5.73 Å². The van der Waals surface area contributed by atoms with Crippen molar-refractivity contribution >= 4 is 0 Å². The first-order chi connectivity index (χ1) is 9.11. The van der Waals surface area contributed by atoms with Crippen LogP contribution >= 0.6 is 0 Å². The number of halogens is 1. The van der Waals surface area contributed by atoms with Crippen molar-refractivity contribution in [3.05, 3.63) is 29.6 Å². The maximum absolute atomic E-state index is 13.3. The smallest absolute Gasteiger partial charge is 0.165 e. The molecule has 19 heavy (non-hydrogen) atoms. The number of hydrogen-bond acceptors (Lipinski definition) is 4. The second kappa shape index (κ2) is 6.32. The Kier molecular flexibility index (Phi) is 4.74. The van der Waals surface area contributed by atoms with E-state index in [2.05, 4.69) is 4.90 Å². The van der Waals surface area contributed by atoms with Crippen LogP contribution in [0.4, 0.5) is 4.39 Å². The highest BCUT2D eigenvalue weighted by Crippen LogP contribution is 2.24. The fourth-order valence-electron chi connectivity index (χ4n) is 2.47. The van der Waals surface area contributed by atoms with Gasteiger partial charge in [-0.1, -0.05) is 6.07 Å². The minimum atomic E-state index is -0.810. The Morgan fingerprint density at radius 2 is 2.11 bits per heavy atom. The van der Waals surface area contributed by atoms with Crippen LogP contribution in [0.1, 0.15) is 24.5 Å². The van der Waals surface area contributed by atoms with Crippen LogP contribution < -0.4 is 10.5 Å². The third kappa shape index (κ3) is 3.43. The lowest BCUT2D eigenvalue weighted by Gasteiger charge is -2.24. The molecule has 1 aliphatic rings. The Bertz CT molecular complexity index is 422. The molecule has 0 spiro atoms. The van der Waals surface area contributed by atoms with E-state index in [1.54, 1.807) is 6.07 Å². The number of rotatable bonds is 5. The molecule has 0 aliphatic carbocycles. The molecule has 5 heteroatoms. The van der Waals surface area contributed by atoms with Crippen LogP contribution in [0, 0.1) is 5.82 Å². The fraction of sp³-hybridized carbons (Fsp3) is 0.571. The third-order valence-corrected chi connectivity index (χ3v) is 3.59. The predicted molar refractivity (Wildman–Crippen MR) is 71.6 cm³/mol. The van der Waals surface area contributed by atoms with Crippen molar-refractivity contribution in [2.45, 2.75) is 25.0 Å². The van der Waals surface area contributed by atoms with Gasteiger partial charge >= 0.3 is 0 Å². The lowest BCUT2D eigenvalue weighted by Crippen LogP contribution is -2.40. The van der Waals surface area contributed by atoms with Gasteiger partial charge in [0.2, 0.25) is 0 Å². The van der Waals surface area contributed by atoms with Gasteiger partial charge < -0.3 is 20.5 Å². The highest BCUT2D eigenvalue weighted by atomic mass is 19.1. The van der Waals surface area contributed by atoms with Gasteiger partial charge in [0, 0.05) is 12.6 Å². The van der Waals surface area contributed by atoms with Crippen molar-refractivity contribution < 1.29 is 14.2 Å². The van der Waals surface area contributed by atoms with Crippen LogP contribution in [0.25, 0.3) is 0 Å². The number of nitrogens with two attached hydrogens (primary N) is 1. The highest BCUT2D eigenvalue weighted by Gasteiger charge is 2.22. The molecule has 0 unspecified atom stereocenters. The van der Waals surface area contributed by atoms with Crippen molar-refractivity contribution in [2.75, 3.05) is 26.7 Å². The molecule has 2 atom stereocenters. The van der Waals surface area contributed by atoms with Gasteiger partial charge in [-0.15, -0.1) is 0 Å². The van der Waals surface area contributed by atoms with E-state index >= 15 is 0 Å². The van der Waals surface area contributed by atoms with Gasteiger partial charge in [-0.25, -0.2) is 4.39 Å². The standard InChI is InChI=1S/C14H21FN2O2/c1-19-13-8-10(4-5-11(13)15)14(18)12(16)9-17-6-2-3-7-17/h4-5,8,12,14,18H,2-3,6-7,9,16H2,1H3/t12-,14-/m1/s1. The van der Waals surface area contributed by atoms with Gasteiger partial charge in [0.15, 0.2) is 11.6 Å². The zero-order valence-corrected chi connectivity index (χ0v) is 11.2. The van der Waals surface area contributed by atoms with Crippen molar-refractivity contribution in [1.29, 1.82) is 0 Å². The quantitative estimate of drug-likeness (QED) is 0.845. The third-order valence-electron chi connectivity index (χ3n) is 3.59. The van der Waals surface area contributed by atoms with E-state index in [1.165, 1.54) is 32.1 Å². The molecule has 1 fully saturated rings. The van der Waals surface area contributed by atoms with Crippen molar-refractivity contribution in [1.82, 2.24) is 4.90 Å². The minimum absolute atomic E-state index is 0.130. The van der Waals surface area contributed by atoms with Gasteiger partial charge in [0.25, 0.3) is 0 Å². The number of nitrogens with zero attached hydrogens (tertiary/aromatic N) is 1. The molecule has 0 aromatic heterocycles. The Morgan fingerprint density at radius 1 is 1.42 bits per heavy atom. The van der Waals surface area contributed by atoms with E-state index in [0.29, 0.717) is 12.1 Å². The number of aliphatic hydroxyl groups excluding tert-OH is 1. The summed E-state index contributed by atoms with van der Waals surface area (Å²) in [7, 11) is 1.40. The molecule has 1 aliphatic heterocycles. The molecule has 1 aromatic rings. The lowest BCUT2D eigenvalue weighted by atomic mass is 10.0. The second-order valence-corrected chi connectivity index (χ2v) is 5.01. The predicted octanol–water partition coefficient (Wildman–Crippen LogP) is 1.29. The van der Waals surface area contributed by atoms with Gasteiger partial charge in [0.1, 0.15) is 0 Å². The summed E-state index contributed by atoms with van der Waals surface area (Å²) in [5, 5.41) is 10.2. The van der Waals surface area contributed by atoms with E-state index in [4.69, 9.17) is 10.5 Å². The molecule has 4 nitrogen and oxygen atoms in total. The molecule has 1 saturated heterocycles. The van der Waals surface area contributed by atoms with Crippen molar-refractivity contribution in [3.63, 3.8) is 0 Å². The Labute approximate surface area is 113 Å². The van der Waals surface area contributed by atoms with E-state index < -0.39 is 11.9 Å². The van der Waals surface area contributed by atoms with Gasteiger partial charge in [-0.3, -0.25) is 0 Å². The highest BCUT2D eigenvalue weighted by molar-refractivity contribution is 5.32. The van der Waals surface area contributed by atoms with Crippen LogP contribution in [-0.2, 0) is 0 Å². The first kappa shape index (κ1) is 14.2. The number of methoxy groups -OCH3 is 1. The van der Waals surface area contributed by atoms with Crippen LogP contribution in [0.3, 0.4) is 0 Å². The van der Waals surface area contributed by atoms with E-state index in [1.807, 2.05) is 0 Å². The first-order valence-electron chi connectivity index (χ1n) is 6.61. The summed E-state index contributed by atoms with van der Waals surface area (Å²) in [5.41, 5.74) is 6.62. The van der Waals surface area contributed by atoms with Gasteiger partial charge in [-0.05, 0) is 43.6 Å². The molecule has 0 amide bonds. The minimum Gasteiger partial charge on any atom is -0.494 e. The van der Waals surface area contributed by atoms with Crippen molar-refractivity contribution in [3.8, 4) is 5.75 Å². The average Bonchev–Trinajstić information content (AvgIpc) is 2.91. The molecule has 2 rings (SSSR count). The molecule has 106 valence electrons. The Hall–Kier alpha value is -1.17. The molecule has 1 aromatic carbocycles. The Balaban J connectivity index is 2.03.